The van der Waals surface area contributed by atoms with Crippen molar-refractivity contribution >= 4 is 28.2 Å². The molecule has 1 aromatic heterocycles. The standard InChI is InChI=1S/C18H14ClN3O/c19-14-7-5-12(6-8-14)17(23)11-22-18-13(9-20)10-21-16-4-2-1-3-15(16)18/h1-8,10,17,23H,11H2,(H,21,22). The van der Waals surface area contributed by atoms with Crippen LogP contribution in [0.1, 0.15) is 17.2 Å². The number of hydrogen-bond donors (Lipinski definition) is 2. The van der Waals surface area contributed by atoms with E-state index in [2.05, 4.69) is 16.4 Å². The Bertz CT molecular complexity index is 872. The number of pyridine rings is 1. The van der Waals surface area contributed by atoms with E-state index in [1.54, 1.807) is 30.5 Å². The number of hydrogen-bond acceptors (Lipinski definition) is 4. The summed E-state index contributed by atoms with van der Waals surface area (Å²) >= 11 is 5.85. The summed E-state index contributed by atoms with van der Waals surface area (Å²) < 4.78 is 0. The summed E-state index contributed by atoms with van der Waals surface area (Å²) in [4.78, 5) is 4.27. The van der Waals surface area contributed by atoms with Gasteiger partial charge in [-0.2, -0.15) is 5.26 Å². The Morgan fingerprint density at radius 2 is 1.91 bits per heavy atom. The average Bonchev–Trinajstić information content (AvgIpc) is 2.59. The van der Waals surface area contributed by atoms with Gasteiger partial charge in [-0.3, -0.25) is 4.98 Å². The molecule has 2 aromatic carbocycles. The van der Waals surface area contributed by atoms with Crippen molar-refractivity contribution in [1.29, 1.82) is 5.26 Å². The zero-order valence-corrected chi connectivity index (χ0v) is 13.0. The number of fused-ring (bicyclic) bond motifs is 1. The molecule has 1 unspecified atom stereocenters. The summed E-state index contributed by atoms with van der Waals surface area (Å²) in [5.74, 6) is 0. The van der Waals surface area contributed by atoms with E-state index in [9.17, 15) is 10.4 Å². The third-order valence-corrected chi connectivity index (χ3v) is 3.87. The van der Waals surface area contributed by atoms with Crippen molar-refractivity contribution in [3.05, 3.63) is 70.9 Å². The lowest BCUT2D eigenvalue weighted by Gasteiger charge is -2.15. The Kier molecular flexibility index (Phi) is 4.42. The third-order valence-electron chi connectivity index (χ3n) is 3.62. The molecule has 0 aliphatic carbocycles. The first-order valence-corrected chi connectivity index (χ1v) is 7.52. The lowest BCUT2D eigenvalue weighted by Crippen LogP contribution is -2.13. The molecule has 0 aliphatic rings. The molecule has 4 nitrogen and oxygen atoms in total. The van der Waals surface area contributed by atoms with Crippen molar-refractivity contribution < 1.29 is 5.11 Å². The van der Waals surface area contributed by atoms with Gasteiger partial charge >= 0.3 is 0 Å². The van der Waals surface area contributed by atoms with Gasteiger partial charge in [-0.15, -0.1) is 0 Å². The highest BCUT2D eigenvalue weighted by atomic mass is 35.5. The van der Waals surface area contributed by atoms with Crippen molar-refractivity contribution in [3.8, 4) is 6.07 Å². The molecular weight excluding hydrogens is 310 g/mol. The maximum Gasteiger partial charge on any atom is 0.103 e. The monoisotopic (exact) mass is 323 g/mol. The molecule has 1 atom stereocenters. The molecular formula is C18H14ClN3O. The molecule has 2 N–H and O–H groups in total. The number of rotatable bonds is 4. The third kappa shape index (κ3) is 3.26. The van der Waals surface area contributed by atoms with Gasteiger partial charge in [0.15, 0.2) is 0 Å². The van der Waals surface area contributed by atoms with Crippen LogP contribution in [0, 0.1) is 11.3 Å². The Labute approximate surface area is 139 Å². The molecule has 3 rings (SSSR count). The molecule has 3 aromatic rings. The van der Waals surface area contributed by atoms with Crippen LogP contribution < -0.4 is 5.32 Å². The van der Waals surface area contributed by atoms with E-state index in [1.807, 2.05) is 24.3 Å². The second-order valence-corrected chi connectivity index (χ2v) is 5.56. The van der Waals surface area contributed by atoms with E-state index < -0.39 is 6.10 Å². The van der Waals surface area contributed by atoms with Crippen molar-refractivity contribution in [2.45, 2.75) is 6.10 Å². The van der Waals surface area contributed by atoms with Crippen LogP contribution in [0.3, 0.4) is 0 Å². The highest BCUT2D eigenvalue weighted by Crippen LogP contribution is 2.26. The van der Waals surface area contributed by atoms with Gasteiger partial charge < -0.3 is 10.4 Å². The minimum atomic E-state index is -0.703. The normalized spacial score (nSPS) is 11.9. The summed E-state index contributed by atoms with van der Waals surface area (Å²) in [7, 11) is 0. The number of halogens is 1. The van der Waals surface area contributed by atoms with Crippen molar-refractivity contribution in [3.63, 3.8) is 0 Å². The molecule has 23 heavy (non-hydrogen) atoms. The molecule has 1 heterocycles. The number of para-hydroxylation sites is 1. The zero-order chi connectivity index (χ0) is 16.2. The lowest BCUT2D eigenvalue weighted by molar-refractivity contribution is 0.191. The van der Waals surface area contributed by atoms with Crippen LogP contribution in [-0.2, 0) is 0 Å². The molecule has 0 spiro atoms. The molecule has 0 aliphatic heterocycles. The molecule has 0 amide bonds. The van der Waals surface area contributed by atoms with Crippen LogP contribution in [0.5, 0.6) is 0 Å². The van der Waals surface area contributed by atoms with Gasteiger partial charge in [0.25, 0.3) is 0 Å². The van der Waals surface area contributed by atoms with E-state index in [4.69, 9.17) is 11.6 Å². The van der Waals surface area contributed by atoms with Gasteiger partial charge in [-0.1, -0.05) is 41.9 Å². The summed E-state index contributed by atoms with van der Waals surface area (Å²) in [5.41, 5.74) is 2.70. The molecule has 5 heteroatoms. The van der Waals surface area contributed by atoms with E-state index >= 15 is 0 Å². The summed E-state index contributed by atoms with van der Waals surface area (Å²) in [5, 5.41) is 24.2. The maximum atomic E-state index is 10.3. The van der Waals surface area contributed by atoms with E-state index in [0.29, 0.717) is 16.3 Å². The predicted molar refractivity (Wildman–Crippen MR) is 91.4 cm³/mol. The Balaban J connectivity index is 1.86. The minimum absolute atomic E-state index is 0.282. The topological polar surface area (TPSA) is 68.9 Å². The van der Waals surface area contributed by atoms with Gasteiger partial charge in [-0.25, -0.2) is 0 Å². The van der Waals surface area contributed by atoms with Gasteiger partial charge in [0.05, 0.1) is 22.9 Å². The minimum Gasteiger partial charge on any atom is -0.387 e. The van der Waals surface area contributed by atoms with E-state index in [0.717, 1.165) is 16.5 Å². The van der Waals surface area contributed by atoms with E-state index in [-0.39, 0.29) is 6.54 Å². The fraction of sp³-hybridized carbons (Fsp3) is 0.111. The fourth-order valence-electron chi connectivity index (χ4n) is 2.42. The van der Waals surface area contributed by atoms with Crippen LogP contribution in [0.4, 0.5) is 5.69 Å². The van der Waals surface area contributed by atoms with Crippen molar-refractivity contribution in [1.82, 2.24) is 4.98 Å². The van der Waals surface area contributed by atoms with Gasteiger partial charge in [0.1, 0.15) is 6.07 Å². The van der Waals surface area contributed by atoms with Gasteiger partial charge in [-0.05, 0) is 23.8 Å². The zero-order valence-electron chi connectivity index (χ0n) is 12.2. The molecule has 0 fully saturated rings. The van der Waals surface area contributed by atoms with Crippen LogP contribution in [0.25, 0.3) is 10.9 Å². The number of aliphatic hydroxyl groups is 1. The van der Waals surface area contributed by atoms with Crippen molar-refractivity contribution in [2.75, 3.05) is 11.9 Å². The number of aromatic nitrogens is 1. The largest absolute Gasteiger partial charge is 0.387 e. The van der Waals surface area contributed by atoms with Crippen LogP contribution >= 0.6 is 11.6 Å². The molecule has 0 saturated carbocycles. The maximum absolute atomic E-state index is 10.3. The van der Waals surface area contributed by atoms with Crippen molar-refractivity contribution in [2.24, 2.45) is 0 Å². The van der Waals surface area contributed by atoms with Gasteiger partial charge in [0.2, 0.25) is 0 Å². The number of anilines is 1. The summed E-state index contributed by atoms with van der Waals surface area (Å²) in [6.07, 6.45) is 0.838. The number of aliphatic hydroxyl groups excluding tert-OH is 1. The molecule has 0 saturated heterocycles. The van der Waals surface area contributed by atoms with Gasteiger partial charge in [0, 0.05) is 23.2 Å². The first-order valence-electron chi connectivity index (χ1n) is 7.14. The molecule has 0 radical (unpaired) electrons. The summed E-state index contributed by atoms with van der Waals surface area (Å²) in [6, 6.07) is 16.8. The number of nitrogens with one attached hydrogen (secondary N) is 1. The SMILES string of the molecule is N#Cc1cnc2ccccc2c1NCC(O)c1ccc(Cl)cc1. The predicted octanol–water partition coefficient (Wildman–Crippen LogP) is 3.91. The van der Waals surface area contributed by atoms with E-state index in [1.165, 1.54) is 0 Å². The fourth-order valence-corrected chi connectivity index (χ4v) is 2.54. The number of nitrogens with zero attached hydrogens (tertiary/aromatic N) is 2. The quantitative estimate of drug-likeness (QED) is 0.764. The second-order valence-electron chi connectivity index (χ2n) is 5.12. The second kappa shape index (κ2) is 6.66. The Hall–Kier alpha value is -2.61. The van der Waals surface area contributed by atoms with Crippen LogP contribution in [0.15, 0.2) is 54.7 Å². The molecule has 0 bridgehead atoms. The smallest absolute Gasteiger partial charge is 0.103 e. The number of nitriles is 1. The van der Waals surface area contributed by atoms with Crippen LogP contribution in [0.2, 0.25) is 5.02 Å². The Morgan fingerprint density at radius 3 is 2.65 bits per heavy atom. The van der Waals surface area contributed by atoms with Crippen LogP contribution in [-0.4, -0.2) is 16.6 Å². The first kappa shape index (κ1) is 15.3. The first-order chi connectivity index (χ1) is 11.2. The average molecular weight is 324 g/mol. The summed E-state index contributed by atoms with van der Waals surface area (Å²) in [6.45, 7) is 0.282. The Morgan fingerprint density at radius 1 is 1.17 bits per heavy atom. The highest BCUT2D eigenvalue weighted by molar-refractivity contribution is 6.30. The lowest BCUT2D eigenvalue weighted by atomic mass is 10.1. The highest BCUT2D eigenvalue weighted by Gasteiger charge is 2.12. The number of benzene rings is 2. The molecule has 114 valence electrons.